The van der Waals surface area contributed by atoms with Crippen molar-refractivity contribution in [3.8, 4) is 0 Å². The maximum Gasteiger partial charge on any atom is 0.0945 e. The van der Waals surface area contributed by atoms with Gasteiger partial charge in [0.05, 0.1) is 30.7 Å². The Bertz CT molecular complexity index is 339. The molecule has 1 aromatic heterocycles. The number of aliphatic hydroxyl groups is 1. The molecule has 1 rings (SSSR count). The molecule has 0 saturated carbocycles. The van der Waals surface area contributed by atoms with Crippen LogP contribution in [0.25, 0.3) is 0 Å². The predicted molar refractivity (Wildman–Crippen MR) is 72.6 cm³/mol. The van der Waals surface area contributed by atoms with Crippen molar-refractivity contribution in [2.24, 2.45) is 13.0 Å². The summed E-state index contributed by atoms with van der Waals surface area (Å²) in [6, 6.07) is 0. The summed E-state index contributed by atoms with van der Waals surface area (Å²) in [7, 11) is 1.86. The summed E-state index contributed by atoms with van der Waals surface area (Å²) in [5, 5.41) is 16.9. The fraction of sp³-hybridized carbons (Fsp3) is 0.769. The van der Waals surface area contributed by atoms with Crippen LogP contribution in [0, 0.1) is 5.92 Å². The number of hydrogen-bond donors (Lipinski definition) is 2. The van der Waals surface area contributed by atoms with Gasteiger partial charge in [0.25, 0.3) is 0 Å². The van der Waals surface area contributed by atoms with Crippen LogP contribution in [0.4, 0.5) is 5.69 Å². The number of nitrogens with zero attached hydrogens (tertiary/aromatic N) is 2. The minimum absolute atomic E-state index is 0.193. The minimum Gasteiger partial charge on any atom is -0.389 e. The molecule has 0 amide bonds. The number of hydrogen-bond acceptors (Lipinski definition) is 4. The van der Waals surface area contributed by atoms with Crippen LogP contribution in [0.15, 0.2) is 12.4 Å². The van der Waals surface area contributed by atoms with Crippen molar-refractivity contribution in [2.75, 3.05) is 18.5 Å². The van der Waals surface area contributed by atoms with Gasteiger partial charge in [0.15, 0.2) is 0 Å². The SMILES string of the molecule is CC(C)CC(C)OCC(O)CNc1cnn(C)c1. The largest absolute Gasteiger partial charge is 0.389 e. The van der Waals surface area contributed by atoms with Crippen LogP contribution < -0.4 is 5.32 Å². The van der Waals surface area contributed by atoms with Gasteiger partial charge in [-0.1, -0.05) is 13.8 Å². The highest BCUT2D eigenvalue weighted by Crippen LogP contribution is 2.08. The van der Waals surface area contributed by atoms with Crippen LogP contribution >= 0.6 is 0 Å². The summed E-state index contributed by atoms with van der Waals surface area (Å²) in [5.74, 6) is 0.616. The minimum atomic E-state index is -0.500. The number of anilines is 1. The molecule has 2 unspecified atom stereocenters. The molecule has 0 aliphatic rings. The van der Waals surface area contributed by atoms with Gasteiger partial charge in [0.1, 0.15) is 0 Å². The third kappa shape index (κ3) is 6.02. The van der Waals surface area contributed by atoms with Crippen LogP contribution in [0.2, 0.25) is 0 Å². The Balaban J connectivity index is 2.15. The fourth-order valence-electron chi connectivity index (χ4n) is 1.81. The van der Waals surface area contributed by atoms with Gasteiger partial charge in [-0.2, -0.15) is 5.10 Å². The molecule has 0 saturated heterocycles. The van der Waals surface area contributed by atoms with Crippen molar-refractivity contribution in [2.45, 2.75) is 39.4 Å². The molecule has 0 aliphatic heterocycles. The molecule has 1 heterocycles. The highest BCUT2D eigenvalue weighted by atomic mass is 16.5. The topological polar surface area (TPSA) is 59.3 Å². The summed E-state index contributed by atoms with van der Waals surface area (Å²) >= 11 is 0. The van der Waals surface area contributed by atoms with Gasteiger partial charge in [-0.15, -0.1) is 0 Å². The third-order valence-electron chi connectivity index (χ3n) is 2.62. The molecular weight excluding hydrogens is 230 g/mol. The van der Waals surface area contributed by atoms with E-state index in [4.69, 9.17) is 4.74 Å². The number of aromatic nitrogens is 2. The number of rotatable bonds is 8. The van der Waals surface area contributed by atoms with E-state index in [1.165, 1.54) is 0 Å². The zero-order valence-corrected chi connectivity index (χ0v) is 11.8. The molecule has 5 heteroatoms. The summed E-state index contributed by atoms with van der Waals surface area (Å²) in [6.07, 6.45) is 4.31. The normalized spacial score (nSPS) is 14.8. The van der Waals surface area contributed by atoms with Gasteiger partial charge >= 0.3 is 0 Å². The van der Waals surface area contributed by atoms with Gasteiger partial charge < -0.3 is 15.2 Å². The Hall–Kier alpha value is -1.07. The molecule has 104 valence electrons. The Morgan fingerprint density at radius 3 is 2.72 bits per heavy atom. The smallest absolute Gasteiger partial charge is 0.0945 e. The second-order valence-electron chi connectivity index (χ2n) is 5.21. The molecule has 0 aromatic carbocycles. The molecule has 18 heavy (non-hydrogen) atoms. The Morgan fingerprint density at radius 2 is 2.17 bits per heavy atom. The lowest BCUT2D eigenvalue weighted by atomic mass is 10.1. The van der Waals surface area contributed by atoms with E-state index in [-0.39, 0.29) is 6.10 Å². The predicted octanol–water partition coefficient (Wildman–Crippen LogP) is 1.64. The number of nitrogens with one attached hydrogen (secondary N) is 1. The Labute approximate surface area is 109 Å². The average Bonchev–Trinajstić information content (AvgIpc) is 2.69. The second kappa shape index (κ2) is 7.38. The highest BCUT2D eigenvalue weighted by Gasteiger charge is 2.09. The Kier molecular flexibility index (Phi) is 6.15. The van der Waals surface area contributed by atoms with Gasteiger partial charge in [0, 0.05) is 19.8 Å². The lowest BCUT2D eigenvalue weighted by molar-refractivity contribution is -0.00443. The van der Waals surface area contributed by atoms with Crippen molar-refractivity contribution in [1.29, 1.82) is 0 Å². The maximum atomic E-state index is 9.79. The van der Waals surface area contributed by atoms with Crippen LogP contribution in [0.3, 0.4) is 0 Å². The Morgan fingerprint density at radius 1 is 1.44 bits per heavy atom. The summed E-state index contributed by atoms with van der Waals surface area (Å²) in [5.41, 5.74) is 0.909. The highest BCUT2D eigenvalue weighted by molar-refractivity contribution is 5.37. The van der Waals surface area contributed by atoms with E-state index in [9.17, 15) is 5.11 Å². The van der Waals surface area contributed by atoms with E-state index in [1.807, 2.05) is 20.2 Å². The first-order valence-corrected chi connectivity index (χ1v) is 6.49. The summed E-state index contributed by atoms with van der Waals surface area (Å²) in [6.45, 7) is 7.21. The lowest BCUT2D eigenvalue weighted by Gasteiger charge is -2.18. The summed E-state index contributed by atoms with van der Waals surface area (Å²) < 4.78 is 7.32. The van der Waals surface area contributed by atoms with Crippen LogP contribution in [0.1, 0.15) is 27.2 Å². The maximum absolute atomic E-state index is 9.79. The van der Waals surface area contributed by atoms with Gasteiger partial charge in [-0.05, 0) is 19.3 Å². The molecule has 2 N–H and O–H groups in total. The standard InChI is InChI=1S/C13H25N3O2/c1-10(2)5-11(3)18-9-13(17)7-14-12-6-15-16(4)8-12/h6,8,10-11,13-14,17H,5,7,9H2,1-4H3. The number of aliphatic hydroxyl groups excluding tert-OH is 1. The van der Waals surface area contributed by atoms with E-state index in [1.54, 1.807) is 10.9 Å². The summed E-state index contributed by atoms with van der Waals surface area (Å²) in [4.78, 5) is 0. The molecule has 0 aliphatic carbocycles. The fourth-order valence-corrected chi connectivity index (χ4v) is 1.81. The molecule has 0 radical (unpaired) electrons. The van der Waals surface area contributed by atoms with E-state index >= 15 is 0 Å². The monoisotopic (exact) mass is 255 g/mol. The van der Waals surface area contributed by atoms with Crippen molar-refractivity contribution >= 4 is 5.69 Å². The first kappa shape index (κ1) is 15.0. The zero-order chi connectivity index (χ0) is 13.5. The van der Waals surface area contributed by atoms with E-state index in [2.05, 4.69) is 24.3 Å². The molecule has 0 spiro atoms. The van der Waals surface area contributed by atoms with Crippen molar-refractivity contribution in [1.82, 2.24) is 9.78 Å². The number of ether oxygens (including phenoxy) is 1. The first-order valence-electron chi connectivity index (χ1n) is 6.49. The van der Waals surface area contributed by atoms with Crippen molar-refractivity contribution in [3.63, 3.8) is 0 Å². The van der Waals surface area contributed by atoms with E-state index < -0.39 is 6.10 Å². The third-order valence-corrected chi connectivity index (χ3v) is 2.62. The van der Waals surface area contributed by atoms with Crippen molar-refractivity contribution < 1.29 is 9.84 Å². The van der Waals surface area contributed by atoms with Crippen LogP contribution in [-0.4, -0.2) is 40.2 Å². The molecule has 5 nitrogen and oxygen atoms in total. The molecule has 2 atom stereocenters. The van der Waals surface area contributed by atoms with Gasteiger partial charge in [-0.3, -0.25) is 4.68 Å². The number of aryl methyl sites for hydroxylation is 1. The van der Waals surface area contributed by atoms with E-state index in [0.717, 1.165) is 12.1 Å². The average molecular weight is 255 g/mol. The van der Waals surface area contributed by atoms with Crippen LogP contribution in [-0.2, 0) is 11.8 Å². The van der Waals surface area contributed by atoms with E-state index in [0.29, 0.717) is 19.1 Å². The quantitative estimate of drug-likeness (QED) is 0.741. The van der Waals surface area contributed by atoms with Gasteiger partial charge in [0.2, 0.25) is 0 Å². The second-order valence-corrected chi connectivity index (χ2v) is 5.21. The molecule has 1 aromatic rings. The molecule has 0 fully saturated rings. The zero-order valence-electron chi connectivity index (χ0n) is 11.8. The first-order chi connectivity index (χ1) is 8.47. The van der Waals surface area contributed by atoms with Crippen molar-refractivity contribution in [3.05, 3.63) is 12.4 Å². The lowest BCUT2D eigenvalue weighted by Crippen LogP contribution is -2.27. The van der Waals surface area contributed by atoms with Crippen LogP contribution in [0.5, 0.6) is 0 Å². The van der Waals surface area contributed by atoms with Gasteiger partial charge in [-0.25, -0.2) is 0 Å². The molecule has 0 bridgehead atoms. The molecular formula is C13H25N3O2.